The number of aromatic nitrogens is 2. The summed E-state index contributed by atoms with van der Waals surface area (Å²) in [5.41, 5.74) is -0.0687. The number of nitrogens with zero attached hydrogens (tertiary/aromatic N) is 3. The third kappa shape index (κ3) is 3.26. The molecule has 0 radical (unpaired) electrons. The summed E-state index contributed by atoms with van der Waals surface area (Å²) in [4.78, 5) is 18.7. The van der Waals surface area contributed by atoms with Crippen molar-refractivity contribution in [3.05, 3.63) is 53.9 Å². The largest absolute Gasteiger partial charge is 0.480 e. The smallest absolute Gasteiger partial charge is 0.267 e. The van der Waals surface area contributed by atoms with Crippen LogP contribution in [0, 0.1) is 22.7 Å². The number of nitrogens with one attached hydrogen (secondary N) is 2. The Morgan fingerprint density at radius 1 is 1.20 bits per heavy atom. The van der Waals surface area contributed by atoms with Gasteiger partial charge in [0, 0.05) is 5.39 Å². The van der Waals surface area contributed by atoms with Crippen molar-refractivity contribution < 1.29 is 9.53 Å². The fraction of sp³-hybridized carbons (Fsp3) is 0.111. The van der Waals surface area contributed by atoms with Crippen molar-refractivity contribution in [2.24, 2.45) is 0 Å². The van der Waals surface area contributed by atoms with E-state index in [0.29, 0.717) is 5.75 Å². The Morgan fingerprint density at radius 2 is 1.96 bits per heavy atom. The van der Waals surface area contributed by atoms with Gasteiger partial charge in [0.05, 0.1) is 0 Å². The molecule has 0 fully saturated rings. The summed E-state index contributed by atoms with van der Waals surface area (Å²) in [6.45, 7) is 1.61. The molecule has 25 heavy (non-hydrogen) atoms. The lowest BCUT2D eigenvalue weighted by atomic mass is 10.1. The maximum absolute atomic E-state index is 12.3. The van der Waals surface area contributed by atoms with Crippen LogP contribution in [0.1, 0.15) is 18.3 Å². The second-order valence-electron chi connectivity index (χ2n) is 5.26. The number of carbonyl (C=O) groups is 1. The van der Waals surface area contributed by atoms with E-state index in [1.54, 1.807) is 25.1 Å². The van der Waals surface area contributed by atoms with E-state index in [0.717, 1.165) is 10.8 Å². The molecule has 0 saturated carbocycles. The summed E-state index contributed by atoms with van der Waals surface area (Å²) in [5.74, 6) is 0.178. The normalized spacial score (nSPS) is 11.3. The highest BCUT2D eigenvalue weighted by atomic mass is 16.5. The maximum atomic E-state index is 12.3. The molecule has 122 valence electrons. The average molecular weight is 331 g/mol. The Hall–Kier alpha value is -3.84. The number of aromatic amines is 1. The number of amides is 1. The molecule has 7 heteroatoms. The lowest BCUT2D eigenvalue weighted by Crippen LogP contribution is -2.30. The summed E-state index contributed by atoms with van der Waals surface area (Å²) < 4.78 is 5.77. The van der Waals surface area contributed by atoms with Crippen molar-refractivity contribution in [2.75, 3.05) is 5.32 Å². The van der Waals surface area contributed by atoms with Gasteiger partial charge in [-0.25, -0.2) is 4.98 Å². The van der Waals surface area contributed by atoms with E-state index in [1.807, 2.05) is 36.4 Å². The highest BCUT2D eigenvalue weighted by Crippen LogP contribution is 2.26. The van der Waals surface area contributed by atoms with Gasteiger partial charge < -0.3 is 9.72 Å². The van der Waals surface area contributed by atoms with E-state index < -0.39 is 12.0 Å². The van der Waals surface area contributed by atoms with E-state index in [-0.39, 0.29) is 17.3 Å². The summed E-state index contributed by atoms with van der Waals surface area (Å²) in [7, 11) is 0. The highest BCUT2D eigenvalue weighted by Gasteiger charge is 2.18. The monoisotopic (exact) mass is 331 g/mol. The third-order valence-corrected chi connectivity index (χ3v) is 3.59. The Kier molecular flexibility index (Phi) is 4.32. The van der Waals surface area contributed by atoms with Gasteiger partial charge >= 0.3 is 0 Å². The molecule has 2 aromatic carbocycles. The number of fused-ring (bicyclic) bond motifs is 1. The Bertz CT molecular complexity index is 989. The molecular formula is C18H13N5O2. The lowest BCUT2D eigenvalue weighted by molar-refractivity contribution is -0.122. The number of benzene rings is 2. The number of H-pyrrole nitrogens is 1. The summed E-state index contributed by atoms with van der Waals surface area (Å²) >= 11 is 0. The van der Waals surface area contributed by atoms with Crippen LogP contribution < -0.4 is 10.1 Å². The van der Waals surface area contributed by atoms with E-state index in [4.69, 9.17) is 15.3 Å². The van der Waals surface area contributed by atoms with E-state index in [2.05, 4.69) is 15.3 Å². The van der Waals surface area contributed by atoms with Crippen LogP contribution in [0.5, 0.6) is 5.75 Å². The van der Waals surface area contributed by atoms with Crippen molar-refractivity contribution in [3.63, 3.8) is 0 Å². The molecule has 1 atom stereocenters. The molecule has 1 aromatic heterocycles. The number of ether oxygens (including phenoxy) is 1. The quantitative estimate of drug-likeness (QED) is 0.763. The third-order valence-electron chi connectivity index (χ3n) is 3.59. The van der Waals surface area contributed by atoms with E-state index >= 15 is 0 Å². The number of rotatable bonds is 4. The predicted molar refractivity (Wildman–Crippen MR) is 90.7 cm³/mol. The van der Waals surface area contributed by atoms with Crippen molar-refractivity contribution in [3.8, 4) is 17.9 Å². The SMILES string of the molecule is C[C@H](Oc1cccc2ccccc12)C(=O)Nc1nc(C#N)c(C#N)[nH]1. The zero-order valence-corrected chi connectivity index (χ0v) is 13.3. The highest BCUT2D eigenvalue weighted by molar-refractivity contribution is 5.93. The molecule has 0 bridgehead atoms. The molecule has 3 aromatic rings. The minimum atomic E-state index is -0.799. The van der Waals surface area contributed by atoms with Gasteiger partial charge in [0.1, 0.15) is 17.9 Å². The first-order chi connectivity index (χ1) is 12.1. The van der Waals surface area contributed by atoms with Gasteiger partial charge in [0.25, 0.3) is 5.91 Å². The molecular weight excluding hydrogens is 318 g/mol. The second-order valence-corrected chi connectivity index (χ2v) is 5.26. The maximum Gasteiger partial charge on any atom is 0.267 e. The number of hydrogen-bond donors (Lipinski definition) is 2. The van der Waals surface area contributed by atoms with Crippen LogP contribution in [-0.2, 0) is 4.79 Å². The van der Waals surface area contributed by atoms with Crippen LogP contribution in [-0.4, -0.2) is 22.0 Å². The van der Waals surface area contributed by atoms with Crippen molar-refractivity contribution >= 4 is 22.6 Å². The lowest BCUT2D eigenvalue weighted by Gasteiger charge is -2.15. The van der Waals surface area contributed by atoms with Crippen LogP contribution in [0.15, 0.2) is 42.5 Å². The van der Waals surface area contributed by atoms with Crippen LogP contribution in [0.3, 0.4) is 0 Å². The van der Waals surface area contributed by atoms with Crippen molar-refractivity contribution in [2.45, 2.75) is 13.0 Å². The average Bonchev–Trinajstić information content (AvgIpc) is 3.04. The van der Waals surface area contributed by atoms with Crippen LogP contribution in [0.25, 0.3) is 10.8 Å². The topological polar surface area (TPSA) is 115 Å². The van der Waals surface area contributed by atoms with Gasteiger partial charge in [-0.15, -0.1) is 0 Å². The number of carbonyl (C=O) groups excluding carboxylic acids is 1. The zero-order valence-electron chi connectivity index (χ0n) is 13.3. The number of imidazole rings is 1. The number of hydrogen-bond acceptors (Lipinski definition) is 5. The van der Waals surface area contributed by atoms with E-state index in [1.165, 1.54) is 0 Å². The zero-order chi connectivity index (χ0) is 17.8. The molecule has 0 unspecified atom stereocenters. The van der Waals surface area contributed by atoms with Gasteiger partial charge in [-0.05, 0) is 18.4 Å². The Balaban J connectivity index is 1.76. The molecule has 2 N–H and O–H groups in total. The molecule has 0 aliphatic rings. The molecule has 0 aliphatic heterocycles. The molecule has 1 amide bonds. The first-order valence-corrected chi connectivity index (χ1v) is 7.48. The summed E-state index contributed by atoms with van der Waals surface area (Å²) in [5, 5.41) is 22.2. The van der Waals surface area contributed by atoms with Gasteiger partial charge in [-0.1, -0.05) is 36.4 Å². The predicted octanol–water partition coefficient (Wildman–Crippen LogP) is 2.71. The first kappa shape index (κ1) is 16.0. The minimum absolute atomic E-state index is 0.000393. The summed E-state index contributed by atoms with van der Waals surface area (Å²) in [6, 6.07) is 16.9. The van der Waals surface area contributed by atoms with Crippen molar-refractivity contribution in [1.29, 1.82) is 10.5 Å². The Labute approximate surface area is 143 Å². The minimum Gasteiger partial charge on any atom is -0.480 e. The van der Waals surface area contributed by atoms with Gasteiger partial charge in [-0.2, -0.15) is 10.5 Å². The molecule has 0 spiro atoms. The molecule has 3 rings (SSSR count). The Morgan fingerprint density at radius 3 is 2.68 bits per heavy atom. The standard InChI is InChI=1S/C18H13N5O2/c1-11(17(24)23-18-21-14(9-19)15(10-20)22-18)25-16-8-4-6-12-5-2-3-7-13(12)16/h2-8,11H,1H3,(H2,21,22,23,24)/t11-/m0/s1. The fourth-order valence-electron chi connectivity index (χ4n) is 2.36. The van der Waals surface area contributed by atoms with Gasteiger partial charge in [0.15, 0.2) is 17.5 Å². The summed E-state index contributed by atoms with van der Waals surface area (Å²) in [6.07, 6.45) is -0.799. The van der Waals surface area contributed by atoms with Crippen LogP contribution in [0.4, 0.5) is 5.95 Å². The molecule has 7 nitrogen and oxygen atoms in total. The first-order valence-electron chi connectivity index (χ1n) is 7.48. The molecule has 1 heterocycles. The van der Waals surface area contributed by atoms with Crippen molar-refractivity contribution in [1.82, 2.24) is 9.97 Å². The second kappa shape index (κ2) is 6.73. The molecule has 0 saturated heterocycles. The van der Waals surface area contributed by atoms with Crippen LogP contribution >= 0.6 is 0 Å². The van der Waals surface area contributed by atoms with Gasteiger partial charge in [-0.3, -0.25) is 10.1 Å². The van der Waals surface area contributed by atoms with Gasteiger partial charge in [0.2, 0.25) is 5.95 Å². The fourth-order valence-corrected chi connectivity index (χ4v) is 2.36. The molecule has 0 aliphatic carbocycles. The van der Waals surface area contributed by atoms with Crippen LogP contribution in [0.2, 0.25) is 0 Å². The van der Waals surface area contributed by atoms with E-state index in [9.17, 15) is 4.79 Å². The number of anilines is 1. The number of nitriles is 2.